The Morgan fingerprint density at radius 1 is 1.20 bits per heavy atom. The van der Waals surface area contributed by atoms with Crippen molar-refractivity contribution in [2.24, 2.45) is 0 Å². The molecule has 0 unspecified atom stereocenters. The molecule has 0 atom stereocenters. The third-order valence-electron chi connectivity index (χ3n) is 2.49. The van der Waals surface area contributed by atoms with Crippen molar-refractivity contribution in [1.29, 1.82) is 0 Å². The van der Waals surface area contributed by atoms with Crippen molar-refractivity contribution in [1.82, 2.24) is 30.2 Å². The molecule has 0 aliphatic carbocycles. The molecular weight excluding hydrogens is 260 g/mol. The number of aromatic nitrogens is 6. The van der Waals surface area contributed by atoms with Crippen molar-refractivity contribution in [2.75, 3.05) is 11.1 Å². The van der Waals surface area contributed by atoms with E-state index in [-0.39, 0.29) is 11.8 Å². The van der Waals surface area contributed by atoms with Crippen LogP contribution >= 0.6 is 0 Å². The molecule has 20 heavy (non-hydrogen) atoms. The first kappa shape index (κ1) is 11.8. The molecule has 3 rings (SSSR count). The Morgan fingerprint density at radius 2 is 1.90 bits per heavy atom. The number of carbonyl (C=O) groups excluding carboxylic acids is 1. The molecule has 0 bridgehead atoms. The third-order valence-corrected chi connectivity index (χ3v) is 2.49. The summed E-state index contributed by atoms with van der Waals surface area (Å²) < 4.78 is 0. The quantitative estimate of drug-likeness (QED) is 0.624. The van der Waals surface area contributed by atoms with Crippen LogP contribution in [0.4, 0.5) is 11.6 Å². The van der Waals surface area contributed by atoms with Gasteiger partial charge in [-0.15, -0.1) is 5.10 Å². The van der Waals surface area contributed by atoms with Crippen LogP contribution in [0.1, 0.15) is 10.6 Å². The first-order valence-corrected chi connectivity index (χ1v) is 5.68. The normalized spacial score (nSPS) is 10.4. The number of H-pyrrole nitrogens is 1. The van der Waals surface area contributed by atoms with Gasteiger partial charge in [0.15, 0.2) is 0 Å². The summed E-state index contributed by atoms with van der Waals surface area (Å²) in [4.78, 5) is 17.0. The Kier molecular flexibility index (Phi) is 2.84. The summed E-state index contributed by atoms with van der Waals surface area (Å²) in [5, 5.41) is 16.7. The largest absolute Gasteiger partial charge is 0.366 e. The molecule has 0 saturated heterocycles. The maximum absolute atomic E-state index is 11.8. The lowest BCUT2D eigenvalue weighted by Crippen LogP contribution is -2.13. The van der Waals surface area contributed by atoms with Crippen molar-refractivity contribution in [3.8, 4) is 5.69 Å². The van der Waals surface area contributed by atoms with Crippen LogP contribution in [-0.4, -0.2) is 36.1 Å². The summed E-state index contributed by atoms with van der Waals surface area (Å²) in [6.45, 7) is 0. The van der Waals surface area contributed by atoms with Crippen LogP contribution in [0.5, 0.6) is 0 Å². The molecule has 1 amide bonds. The van der Waals surface area contributed by atoms with Crippen LogP contribution in [0, 0.1) is 0 Å². The fourth-order valence-electron chi connectivity index (χ4n) is 1.59. The van der Waals surface area contributed by atoms with Crippen molar-refractivity contribution < 1.29 is 4.79 Å². The molecule has 2 aromatic heterocycles. The van der Waals surface area contributed by atoms with Crippen LogP contribution in [0.2, 0.25) is 0 Å². The molecule has 0 aliphatic heterocycles. The lowest BCUT2D eigenvalue weighted by molar-refractivity contribution is 0.101. The first-order chi connectivity index (χ1) is 9.72. The van der Waals surface area contributed by atoms with E-state index < -0.39 is 5.91 Å². The number of benzene rings is 1. The summed E-state index contributed by atoms with van der Waals surface area (Å²) >= 11 is 0. The predicted molar refractivity (Wildman–Crippen MR) is 70.1 cm³/mol. The molecule has 0 spiro atoms. The number of hydrogen-bond donors (Lipinski definition) is 3. The van der Waals surface area contributed by atoms with Gasteiger partial charge < -0.3 is 11.1 Å². The monoisotopic (exact) mass is 270 g/mol. The summed E-state index contributed by atoms with van der Waals surface area (Å²) in [7, 11) is 0. The SMILES string of the molecule is Nc1n[nH]c(C(=O)Nc2ccc(-n3nccn3)cc2)n1. The average Bonchev–Trinajstić information content (AvgIpc) is 3.10. The van der Waals surface area contributed by atoms with Crippen molar-refractivity contribution >= 4 is 17.5 Å². The smallest absolute Gasteiger partial charge is 0.293 e. The van der Waals surface area contributed by atoms with Crippen molar-refractivity contribution in [3.05, 3.63) is 42.5 Å². The van der Waals surface area contributed by atoms with Crippen LogP contribution in [0.3, 0.4) is 0 Å². The second kappa shape index (κ2) is 4.80. The van der Waals surface area contributed by atoms with E-state index in [4.69, 9.17) is 5.73 Å². The van der Waals surface area contributed by atoms with Gasteiger partial charge in [0.1, 0.15) is 0 Å². The van der Waals surface area contributed by atoms with E-state index in [1.54, 1.807) is 36.7 Å². The number of anilines is 2. The highest BCUT2D eigenvalue weighted by molar-refractivity contribution is 6.01. The zero-order valence-electron chi connectivity index (χ0n) is 10.2. The Bertz CT molecular complexity index is 715. The van der Waals surface area contributed by atoms with Crippen LogP contribution < -0.4 is 11.1 Å². The minimum atomic E-state index is -0.417. The van der Waals surface area contributed by atoms with Gasteiger partial charge in [-0.25, -0.2) is 0 Å². The average molecular weight is 270 g/mol. The molecule has 0 radical (unpaired) electrons. The Labute approximate surface area is 112 Å². The maximum atomic E-state index is 11.8. The molecule has 1 aromatic carbocycles. The van der Waals surface area contributed by atoms with E-state index in [9.17, 15) is 4.79 Å². The van der Waals surface area contributed by atoms with Gasteiger partial charge in [0, 0.05) is 5.69 Å². The second-order valence-corrected chi connectivity index (χ2v) is 3.86. The first-order valence-electron chi connectivity index (χ1n) is 5.68. The maximum Gasteiger partial charge on any atom is 0.293 e. The van der Waals surface area contributed by atoms with Gasteiger partial charge in [0.2, 0.25) is 11.8 Å². The Morgan fingerprint density at radius 3 is 2.50 bits per heavy atom. The minimum absolute atomic E-state index is 0.0234. The molecule has 0 fully saturated rings. The summed E-state index contributed by atoms with van der Waals surface area (Å²) in [5.41, 5.74) is 6.73. The third kappa shape index (κ3) is 2.32. The number of nitrogen functional groups attached to an aromatic ring is 1. The number of nitrogens with zero attached hydrogens (tertiary/aromatic N) is 5. The minimum Gasteiger partial charge on any atom is -0.366 e. The molecule has 100 valence electrons. The Hall–Kier alpha value is -3.23. The van der Waals surface area contributed by atoms with Gasteiger partial charge in [-0.1, -0.05) is 0 Å². The number of nitrogens with two attached hydrogens (primary N) is 1. The van der Waals surface area contributed by atoms with Gasteiger partial charge in [-0.05, 0) is 24.3 Å². The van der Waals surface area contributed by atoms with Crippen LogP contribution in [-0.2, 0) is 0 Å². The summed E-state index contributed by atoms with van der Waals surface area (Å²) in [6, 6.07) is 7.03. The highest BCUT2D eigenvalue weighted by Crippen LogP contribution is 2.12. The van der Waals surface area contributed by atoms with Crippen LogP contribution in [0.25, 0.3) is 5.69 Å². The number of aromatic amines is 1. The zero-order chi connectivity index (χ0) is 13.9. The van der Waals surface area contributed by atoms with Gasteiger partial charge in [-0.2, -0.15) is 20.0 Å². The highest BCUT2D eigenvalue weighted by atomic mass is 16.2. The van der Waals surface area contributed by atoms with E-state index >= 15 is 0 Å². The highest BCUT2D eigenvalue weighted by Gasteiger charge is 2.10. The number of rotatable bonds is 3. The predicted octanol–water partition coefficient (Wildman–Crippen LogP) is 0.220. The van der Waals surface area contributed by atoms with Gasteiger partial charge in [0.05, 0.1) is 18.1 Å². The molecular formula is C11H10N8O. The molecule has 4 N–H and O–H groups in total. The molecule has 9 nitrogen and oxygen atoms in total. The summed E-state index contributed by atoms with van der Waals surface area (Å²) in [6.07, 6.45) is 3.17. The number of hydrogen-bond acceptors (Lipinski definition) is 6. The number of nitrogens with one attached hydrogen (secondary N) is 2. The second-order valence-electron chi connectivity index (χ2n) is 3.86. The van der Waals surface area contributed by atoms with E-state index in [1.807, 2.05) is 0 Å². The molecule has 2 heterocycles. The molecule has 9 heteroatoms. The fraction of sp³-hybridized carbons (Fsp3) is 0. The number of carbonyl (C=O) groups is 1. The van der Waals surface area contributed by atoms with Crippen molar-refractivity contribution in [2.45, 2.75) is 0 Å². The van der Waals surface area contributed by atoms with Crippen molar-refractivity contribution in [3.63, 3.8) is 0 Å². The lowest BCUT2D eigenvalue weighted by atomic mass is 10.3. The van der Waals surface area contributed by atoms with Gasteiger partial charge in [-0.3, -0.25) is 9.89 Å². The van der Waals surface area contributed by atoms with E-state index in [0.717, 1.165) is 5.69 Å². The van der Waals surface area contributed by atoms with E-state index in [2.05, 4.69) is 30.7 Å². The molecule has 0 saturated carbocycles. The number of amides is 1. The van der Waals surface area contributed by atoms with E-state index in [1.165, 1.54) is 4.80 Å². The molecule has 3 aromatic rings. The topological polar surface area (TPSA) is 127 Å². The standard InChI is InChI=1S/C11H10N8O/c12-11-16-9(17-18-11)10(20)15-7-1-3-8(4-2-7)19-13-5-6-14-19/h1-6H,(H,15,20)(H3,12,16,17,18). The molecule has 0 aliphatic rings. The summed E-state index contributed by atoms with van der Waals surface area (Å²) in [5.74, 6) is -0.338. The van der Waals surface area contributed by atoms with Gasteiger partial charge >= 0.3 is 0 Å². The fourth-order valence-corrected chi connectivity index (χ4v) is 1.59. The van der Waals surface area contributed by atoms with Gasteiger partial charge in [0.25, 0.3) is 5.91 Å². The Balaban J connectivity index is 1.74. The lowest BCUT2D eigenvalue weighted by Gasteiger charge is -2.04. The zero-order valence-corrected chi connectivity index (χ0v) is 10.2. The van der Waals surface area contributed by atoms with E-state index in [0.29, 0.717) is 5.69 Å². The van der Waals surface area contributed by atoms with Crippen LogP contribution in [0.15, 0.2) is 36.7 Å².